The fourth-order valence-electron chi connectivity index (χ4n) is 3.69. The number of amidine groups is 1. The lowest BCUT2D eigenvalue weighted by atomic mass is 10.0. The Morgan fingerprint density at radius 3 is 2.62 bits per heavy atom. The number of aryl methyl sites for hydroxylation is 1. The Hall–Kier alpha value is -3.54. The van der Waals surface area contributed by atoms with E-state index in [-0.39, 0.29) is 4.59 Å². The summed E-state index contributed by atoms with van der Waals surface area (Å²) in [5, 5.41) is 0. The Bertz CT molecular complexity index is 1170. The summed E-state index contributed by atoms with van der Waals surface area (Å²) >= 11 is 0. The van der Waals surface area contributed by atoms with Gasteiger partial charge in [-0.3, -0.25) is 4.99 Å². The van der Waals surface area contributed by atoms with Crippen molar-refractivity contribution >= 4 is 12.1 Å². The molecule has 5 rings (SSSR count). The van der Waals surface area contributed by atoms with E-state index in [9.17, 15) is 0 Å². The van der Waals surface area contributed by atoms with Gasteiger partial charge in [-0.15, -0.1) is 4.59 Å². The highest BCUT2D eigenvalue weighted by Crippen LogP contribution is 2.37. The van der Waals surface area contributed by atoms with Crippen LogP contribution < -0.4 is 10.6 Å². The van der Waals surface area contributed by atoms with E-state index in [0.717, 1.165) is 51.8 Å². The Kier molecular flexibility index (Phi) is 4.12. The highest BCUT2D eigenvalue weighted by atomic mass is 16.5. The van der Waals surface area contributed by atoms with Crippen LogP contribution in [0, 0.1) is 0 Å². The molecule has 0 saturated heterocycles. The van der Waals surface area contributed by atoms with Gasteiger partial charge < -0.3 is 4.74 Å². The van der Waals surface area contributed by atoms with Crippen LogP contribution in [0.1, 0.15) is 18.1 Å². The van der Waals surface area contributed by atoms with Gasteiger partial charge in [-0.05, 0) is 42.3 Å². The molecule has 1 atom stereocenters. The average Bonchev–Trinajstić information content (AvgIpc) is 3.00. The summed E-state index contributed by atoms with van der Waals surface area (Å²) in [7, 11) is 0. The molecule has 142 valence electrons. The predicted octanol–water partition coefficient (Wildman–Crippen LogP) is 4.76. The van der Waals surface area contributed by atoms with Gasteiger partial charge >= 0.3 is 0 Å². The Morgan fingerprint density at radius 1 is 1.07 bits per heavy atom. The first-order valence-electron chi connectivity index (χ1n) is 9.66. The molecule has 3 aliphatic rings. The molecule has 2 aromatic carbocycles. The normalized spacial score (nSPS) is 21.6. The zero-order chi connectivity index (χ0) is 19.8. The summed E-state index contributed by atoms with van der Waals surface area (Å²) in [6.45, 7) is 2.13. The lowest BCUT2D eigenvalue weighted by Gasteiger charge is -2.27. The van der Waals surface area contributed by atoms with Crippen LogP contribution in [0.4, 0.5) is 0 Å². The van der Waals surface area contributed by atoms with E-state index in [0.29, 0.717) is 0 Å². The Balaban J connectivity index is 1.55. The van der Waals surface area contributed by atoms with Crippen molar-refractivity contribution in [2.75, 3.05) is 0 Å². The van der Waals surface area contributed by atoms with Crippen molar-refractivity contribution in [2.45, 2.75) is 13.3 Å². The number of aliphatic imine (C=N–C) groups is 2. The zero-order valence-electron chi connectivity index (χ0n) is 16.1. The molecule has 0 amide bonds. The van der Waals surface area contributed by atoms with Crippen LogP contribution in [0.5, 0.6) is 11.5 Å². The minimum atomic E-state index is 0.0237. The third kappa shape index (κ3) is 2.88. The van der Waals surface area contributed by atoms with E-state index in [1.54, 1.807) is 12.4 Å². The molecule has 0 radical (unpaired) electrons. The lowest BCUT2D eigenvalue weighted by Crippen LogP contribution is -2.53. The first-order chi connectivity index (χ1) is 14.2. The van der Waals surface area contributed by atoms with Crippen molar-refractivity contribution in [3.63, 3.8) is 0 Å². The first-order valence-corrected chi connectivity index (χ1v) is 9.66. The Labute approximate surface area is 169 Å². The van der Waals surface area contributed by atoms with E-state index in [4.69, 9.17) is 15.6 Å². The number of para-hydroxylation sites is 1. The number of nitrogens with two attached hydrogens (primary N) is 1. The molecule has 1 aliphatic carbocycles. The van der Waals surface area contributed by atoms with Gasteiger partial charge in [0.1, 0.15) is 23.4 Å². The van der Waals surface area contributed by atoms with Gasteiger partial charge in [0.25, 0.3) is 5.84 Å². The number of hydrogen-bond donors (Lipinski definition) is 1. The number of hydrogen-bond acceptors (Lipinski definition) is 4. The SMILES string of the molecule is CCc1cc(Oc2ccccc2)ccc1C1=NC(C2=CC=C2)=C2C=NC=C[N+]12N. The van der Waals surface area contributed by atoms with Crippen molar-refractivity contribution in [3.05, 3.63) is 107 Å². The number of allylic oxidation sites excluding steroid dienone is 4. The van der Waals surface area contributed by atoms with Crippen LogP contribution in [-0.4, -0.2) is 16.6 Å². The van der Waals surface area contributed by atoms with Crippen LogP contribution in [0.15, 0.2) is 106 Å². The maximum atomic E-state index is 6.82. The van der Waals surface area contributed by atoms with Crippen LogP contribution >= 0.6 is 0 Å². The monoisotopic (exact) mass is 381 g/mol. The molecule has 5 heteroatoms. The summed E-state index contributed by atoms with van der Waals surface area (Å²) in [4.78, 5) is 9.24. The van der Waals surface area contributed by atoms with Crippen molar-refractivity contribution in [3.8, 4) is 11.5 Å². The molecule has 2 aromatic rings. The van der Waals surface area contributed by atoms with Crippen molar-refractivity contribution in [2.24, 2.45) is 15.8 Å². The van der Waals surface area contributed by atoms with Crippen molar-refractivity contribution in [1.29, 1.82) is 0 Å². The van der Waals surface area contributed by atoms with Gasteiger partial charge in [0, 0.05) is 5.57 Å². The van der Waals surface area contributed by atoms with Crippen molar-refractivity contribution < 1.29 is 9.33 Å². The van der Waals surface area contributed by atoms with Gasteiger partial charge in [-0.2, -0.15) is 10.8 Å². The van der Waals surface area contributed by atoms with Crippen LogP contribution in [0.25, 0.3) is 0 Å². The largest absolute Gasteiger partial charge is 0.457 e. The molecule has 2 heterocycles. The lowest BCUT2D eigenvalue weighted by molar-refractivity contribution is -0.750. The Morgan fingerprint density at radius 2 is 1.90 bits per heavy atom. The molecule has 0 fully saturated rings. The molecule has 0 spiro atoms. The molecule has 0 saturated carbocycles. The number of nitrogens with zero attached hydrogens (tertiary/aromatic N) is 3. The topological polar surface area (TPSA) is 60.0 Å². The first kappa shape index (κ1) is 17.6. The quantitative estimate of drug-likeness (QED) is 0.600. The number of rotatable bonds is 5. The van der Waals surface area contributed by atoms with E-state index >= 15 is 0 Å². The predicted molar refractivity (Wildman–Crippen MR) is 115 cm³/mol. The summed E-state index contributed by atoms with van der Waals surface area (Å²) in [6, 6.07) is 15.9. The van der Waals surface area contributed by atoms with Gasteiger partial charge in [-0.1, -0.05) is 43.4 Å². The van der Waals surface area contributed by atoms with Gasteiger partial charge in [0.15, 0.2) is 0 Å². The zero-order valence-corrected chi connectivity index (χ0v) is 16.1. The van der Waals surface area contributed by atoms with E-state index in [2.05, 4.69) is 18.0 Å². The number of ether oxygens (including phenoxy) is 1. The van der Waals surface area contributed by atoms with Crippen LogP contribution in [0.2, 0.25) is 0 Å². The third-order valence-corrected chi connectivity index (χ3v) is 5.30. The van der Waals surface area contributed by atoms with E-state index < -0.39 is 0 Å². The molecule has 0 bridgehead atoms. The van der Waals surface area contributed by atoms with Gasteiger partial charge in [0.2, 0.25) is 5.70 Å². The van der Waals surface area contributed by atoms with E-state index in [1.165, 1.54) is 0 Å². The minimum absolute atomic E-state index is 0.0237. The molecule has 2 aliphatic heterocycles. The third-order valence-electron chi connectivity index (χ3n) is 5.30. The summed E-state index contributed by atoms with van der Waals surface area (Å²) < 4.78 is 6.04. The molecule has 1 unspecified atom stereocenters. The van der Waals surface area contributed by atoms with E-state index in [1.807, 2.05) is 66.9 Å². The second kappa shape index (κ2) is 6.81. The summed E-state index contributed by atoms with van der Waals surface area (Å²) in [5.74, 6) is 9.23. The van der Waals surface area contributed by atoms with Gasteiger partial charge in [0.05, 0.1) is 18.0 Å². The standard InChI is InChI=1S/C24H21N4O/c1-2-17-15-20(29-19-9-4-3-5-10-19)11-12-21(17)24-27-23(18-7-6-8-18)22-16-26-13-14-28(22,24)25/h3-16H,2,25H2,1H3/q+1. The second-order valence-electron chi connectivity index (χ2n) is 7.09. The van der Waals surface area contributed by atoms with Gasteiger partial charge in [-0.25, -0.2) is 0 Å². The number of quaternary nitrogens is 1. The van der Waals surface area contributed by atoms with Crippen LogP contribution in [0.3, 0.4) is 0 Å². The fourth-order valence-corrected chi connectivity index (χ4v) is 3.69. The number of benzene rings is 2. The second-order valence-corrected chi connectivity index (χ2v) is 7.09. The maximum absolute atomic E-state index is 6.82. The smallest absolute Gasteiger partial charge is 0.265 e. The number of fused-ring (bicyclic) bond motifs is 1. The highest BCUT2D eigenvalue weighted by Gasteiger charge is 2.45. The van der Waals surface area contributed by atoms with Crippen molar-refractivity contribution in [1.82, 2.24) is 0 Å². The molecular formula is C24H21N4O+. The highest BCUT2D eigenvalue weighted by molar-refractivity contribution is 6.02. The van der Waals surface area contributed by atoms with Crippen LogP contribution in [-0.2, 0) is 6.42 Å². The average molecular weight is 381 g/mol. The molecule has 0 aromatic heterocycles. The molecule has 5 nitrogen and oxygen atoms in total. The summed E-state index contributed by atoms with van der Waals surface area (Å²) in [5.41, 5.74) is 4.99. The fraction of sp³-hybridized carbons (Fsp3) is 0.0833. The molecule has 29 heavy (non-hydrogen) atoms. The summed E-state index contributed by atoms with van der Waals surface area (Å²) in [6.07, 6.45) is 12.3. The molecular weight excluding hydrogens is 360 g/mol. The molecule has 2 N–H and O–H groups in total. The maximum Gasteiger partial charge on any atom is 0.265 e. The minimum Gasteiger partial charge on any atom is -0.457 e.